The first-order chi connectivity index (χ1) is 16.4. The molecule has 0 aliphatic heterocycles. The van der Waals surface area contributed by atoms with E-state index >= 15 is 0 Å². The minimum Gasteiger partial charge on any atom is -0.497 e. The smallest absolute Gasteiger partial charge is 0.258 e. The number of carbonyl (C=O) groups is 1. The number of fused-ring (bicyclic) bond motifs is 1. The fraction of sp³-hybridized carbons (Fsp3) is 0.214. The van der Waals surface area contributed by atoms with E-state index in [1.54, 1.807) is 26.2 Å². The molecule has 0 unspecified atom stereocenters. The Morgan fingerprint density at radius 1 is 0.794 bits per heavy atom. The Morgan fingerprint density at radius 2 is 1.44 bits per heavy atom. The van der Waals surface area contributed by atoms with Crippen LogP contribution in [0.1, 0.15) is 24.2 Å². The second-order valence-corrected chi connectivity index (χ2v) is 8.16. The third-order valence-electron chi connectivity index (χ3n) is 5.67. The van der Waals surface area contributed by atoms with Crippen LogP contribution in [0.25, 0.3) is 22.0 Å². The highest BCUT2D eigenvalue weighted by molar-refractivity contribution is 6.08. The summed E-state index contributed by atoms with van der Waals surface area (Å²) in [5, 5.41) is 0.944. The molecule has 0 saturated carbocycles. The van der Waals surface area contributed by atoms with Gasteiger partial charge in [-0.05, 0) is 61.4 Å². The number of anilines is 1. The molecule has 6 heteroatoms. The number of benzene rings is 3. The van der Waals surface area contributed by atoms with E-state index in [0.717, 1.165) is 22.0 Å². The lowest BCUT2D eigenvalue weighted by Crippen LogP contribution is -2.37. The number of para-hydroxylation sites is 1. The first kappa shape index (κ1) is 23.1. The normalized spacial score (nSPS) is 10.9. The zero-order chi connectivity index (χ0) is 24.2. The van der Waals surface area contributed by atoms with Crippen molar-refractivity contribution in [1.29, 1.82) is 0 Å². The minimum atomic E-state index is -0.125. The van der Waals surface area contributed by atoms with Crippen molar-refractivity contribution in [3.8, 4) is 28.5 Å². The Labute approximate surface area is 199 Å². The van der Waals surface area contributed by atoms with Gasteiger partial charge >= 0.3 is 0 Å². The summed E-state index contributed by atoms with van der Waals surface area (Å²) in [4.78, 5) is 20.0. The van der Waals surface area contributed by atoms with Crippen LogP contribution in [-0.4, -0.2) is 38.3 Å². The number of ether oxygens (including phenoxy) is 3. The van der Waals surface area contributed by atoms with Gasteiger partial charge in [-0.15, -0.1) is 0 Å². The number of nitrogens with zero attached hydrogens (tertiary/aromatic N) is 2. The average Bonchev–Trinajstić information content (AvgIpc) is 2.87. The van der Waals surface area contributed by atoms with E-state index in [1.165, 1.54) is 0 Å². The molecule has 4 rings (SSSR count). The maximum absolute atomic E-state index is 13.6. The topological polar surface area (TPSA) is 60.9 Å². The molecule has 0 aliphatic carbocycles. The highest BCUT2D eigenvalue weighted by Crippen LogP contribution is 2.34. The number of pyridine rings is 1. The number of carbonyl (C=O) groups excluding carboxylic acids is 1. The molecule has 6 nitrogen and oxygen atoms in total. The molecule has 0 fully saturated rings. The molecule has 4 aromatic rings. The van der Waals surface area contributed by atoms with E-state index in [0.29, 0.717) is 28.6 Å². The van der Waals surface area contributed by atoms with Crippen LogP contribution in [0.5, 0.6) is 17.4 Å². The standard InChI is InChI=1S/C28H28N2O4/c1-18(2)30(26-16-21-8-6-7-9-25(21)29-27(26)34-5)28(31)20-12-10-19(11-13-20)22-14-23(32-3)17-24(15-22)33-4/h6-18H,1-5H3. The lowest BCUT2D eigenvalue weighted by atomic mass is 10.0. The van der Waals surface area contributed by atoms with Crippen molar-refractivity contribution in [2.75, 3.05) is 26.2 Å². The second kappa shape index (κ2) is 9.83. The molecule has 0 saturated heterocycles. The Morgan fingerprint density at radius 3 is 2.03 bits per heavy atom. The summed E-state index contributed by atoms with van der Waals surface area (Å²) < 4.78 is 16.3. The minimum absolute atomic E-state index is 0.105. The maximum atomic E-state index is 13.6. The van der Waals surface area contributed by atoms with Gasteiger partial charge in [0.2, 0.25) is 5.88 Å². The van der Waals surface area contributed by atoms with Gasteiger partial charge in [0, 0.05) is 23.1 Å². The highest BCUT2D eigenvalue weighted by Gasteiger charge is 2.25. The van der Waals surface area contributed by atoms with Crippen LogP contribution in [0.15, 0.2) is 72.8 Å². The van der Waals surface area contributed by atoms with E-state index in [1.807, 2.05) is 86.6 Å². The molecule has 0 bridgehead atoms. The zero-order valence-electron chi connectivity index (χ0n) is 20.0. The van der Waals surface area contributed by atoms with E-state index in [4.69, 9.17) is 14.2 Å². The molecular weight excluding hydrogens is 428 g/mol. The Kier molecular flexibility index (Phi) is 6.68. The van der Waals surface area contributed by atoms with Crippen LogP contribution in [0, 0.1) is 0 Å². The molecule has 1 heterocycles. The number of rotatable bonds is 7. The fourth-order valence-electron chi connectivity index (χ4n) is 3.95. The first-order valence-electron chi connectivity index (χ1n) is 11.1. The van der Waals surface area contributed by atoms with Gasteiger partial charge in [-0.1, -0.05) is 30.3 Å². The summed E-state index contributed by atoms with van der Waals surface area (Å²) in [6, 6.07) is 22.9. The molecule has 1 amide bonds. The van der Waals surface area contributed by atoms with E-state index < -0.39 is 0 Å². The summed E-state index contributed by atoms with van der Waals surface area (Å²) >= 11 is 0. The number of amides is 1. The van der Waals surface area contributed by atoms with Crippen LogP contribution in [0.2, 0.25) is 0 Å². The zero-order valence-corrected chi connectivity index (χ0v) is 20.0. The Balaban J connectivity index is 1.71. The number of hydrogen-bond donors (Lipinski definition) is 0. The van der Waals surface area contributed by atoms with Crippen molar-refractivity contribution >= 4 is 22.5 Å². The van der Waals surface area contributed by atoms with E-state index in [9.17, 15) is 4.79 Å². The van der Waals surface area contributed by atoms with Gasteiger partial charge in [0.05, 0.1) is 26.8 Å². The van der Waals surface area contributed by atoms with Gasteiger partial charge in [-0.2, -0.15) is 0 Å². The van der Waals surface area contributed by atoms with Gasteiger partial charge in [0.25, 0.3) is 5.91 Å². The van der Waals surface area contributed by atoms with Crippen molar-refractivity contribution in [2.45, 2.75) is 19.9 Å². The fourth-order valence-corrected chi connectivity index (χ4v) is 3.95. The van der Waals surface area contributed by atoms with Gasteiger partial charge in [0.15, 0.2) is 0 Å². The summed E-state index contributed by atoms with van der Waals surface area (Å²) in [6.07, 6.45) is 0. The van der Waals surface area contributed by atoms with Crippen molar-refractivity contribution in [1.82, 2.24) is 4.98 Å². The van der Waals surface area contributed by atoms with Gasteiger partial charge in [-0.3, -0.25) is 4.79 Å². The molecule has 0 atom stereocenters. The lowest BCUT2D eigenvalue weighted by Gasteiger charge is -2.28. The first-order valence-corrected chi connectivity index (χ1v) is 11.1. The summed E-state index contributed by atoms with van der Waals surface area (Å²) in [5.41, 5.74) is 3.92. The third kappa shape index (κ3) is 4.53. The second-order valence-electron chi connectivity index (χ2n) is 8.16. The SMILES string of the molecule is COc1cc(OC)cc(-c2ccc(C(=O)N(c3cc4ccccc4nc3OC)C(C)C)cc2)c1. The monoisotopic (exact) mass is 456 g/mol. The number of hydrogen-bond acceptors (Lipinski definition) is 5. The van der Waals surface area contributed by atoms with Gasteiger partial charge in [-0.25, -0.2) is 4.98 Å². The van der Waals surface area contributed by atoms with Gasteiger partial charge in [0.1, 0.15) is 17.2 Å². The largest absolute Gasteiger partial charge is 0.497 e. The number of methoxy groups -OCH3 is 3. The third-order valence-corrected chi connectivity index (χ3v) is 5.67. The van der Waals surface area contributed by atoms with Crippen LogP contribution < -0.4 is 19.1 Å². The lowest BCUT2D eigenvalue weighted by molar-refractivity contribution is 0.0979. The summed E-state index contributed by atoms with van der Waals surface area (Å²) in [7, 11) is 4.81. The van der Waals surface area contributed by atoms with E-state index in [-0.39, 0.29) is 11.9 Å². The predicted molar refractivity (Wildman–Crippen MR) is 135 cm³/mol. The van der Waals surface area contributed by atoms with Gasteiger partial charge < -0.3 is 19.1 Å². The number of aromatic nitrogens is 1. The van der Waals surface area contributed by atoms with Crippen LogP contribution >= 0.6 is 0 Å². The van der Waals surface area contributed by atoms with Crippen molar-refractivity contribution < 1.29 is 19.0 Å². The molecule has 1 aromatic heterocycles. The van der Waals surface area contributed by atoms with Crippen molar-refractivity contribution in [3.63, 3.8) is 0 Å². The molecule has 0 spiro atoms. The predicted octanol–water partition coefficient (Wildman–Crippen LogP) is 5.98. The Hall–Kier alpha value is -4.06. The molecule has 0 N–H and O–H groups in total. The van der Waals surface area contributed by atoms with Crippen LogP contribution in [-0.2, 0) is 0 Å². The molecular formula is C28H28N2O4. The molecule has 0 radical (unpaired) electrons. The Bertz CT molecular complexity index is 1290. The summed E-state index contributed by atoms with van der Waals surface area (Å²) in [5.74, 6) is 1.70. The van der Waals surface area contributed by atoms with Crippen LogP contribution in [0.4, 0.5) is 5.69 Å². The molecule has 3 aromatic carbocycles. The molecule has 174 valence electrons. The van der Waals surface area contributed by atoms with E-state index in [2.05, 4.69) is 4.98 Å². The summed E-state index contributed by atoms with van der Waals surface area (Å²) in [6.45, 7) is 3.95. The average molecular weight is 457 g/mol. The molecule has 34 heavy (non-hydrogen) atoms. The van der Waals surface area contributed by atoms with Crippen LogP contribution in [0.3, 0.4) is 0 Å². The quantitative estimate of drug-likeness (QED) is 0.342. The van der Waals surface area contributed by atoms with Crippen molar-refractivity contribution in [3.05, 3.63) is 78.4 Å². The maximum Gasteiger partial charge on any atom is 0.258 e. The molecule has 0 aliphatic rings. The highest BCUT2D eigenvalue weighted by atomic mass is 16.5. The van der Waals surface area contributed by atoms with Crippen molar-refractivity contribution in [2.24, 2.45) is 0 Å².